The van der Waals surface area contributed by atoms with Gasteiger partial charge in [-0.05, 0) is 43.4 Å². The van der Waals surface area contributed by atoms with Gasteiger partial charge >= 0.3 is 6.18 Å². The molecule has 0 heterocycles. The van der Waals surface area contributed by atoms with Crippen molar-refractivity contribution in [3.05, 3.63) is 35.1 Å². The van der Waals surface area contributed by atoms with Crippen LogP contribution in [-0.2, 0) is 6.18 Å². The summed E-state index contributed by atoms with van der Waals surface area (Å²) in [5, 5.41) is 0. The molecule has 1 nitrogen and oxygen atoms in total. The first-order chi connectivity index (χ1) is 9.32. The summed E-state index contributed by atoms with van der Waals surface area (Å²) < 4.78 is 51.1. The molecule has 0 bridgehead atoms. The molecule has 0 amide bonds. The Morgan fingerprint density at radius 3 is 2.55 bits per heavy atom. The molecular weight excluding hydrogens is 272 g/mol. The minimum Gasteiger partial charge on any atom is -0.294 e. The summed E-state index contributed by atoms with van der Waals surface area (Å²) in [4.78, 5) is 12.2. The standard InChI is InChI=1S/C15H16F4O/c1-2-9-3-4-10(7-9)14(20)11-5-6-13(16)12(8-11)15(17,18)19/h5-6,8-10H,2-4,7H2,1H3. The molecule has 2 atom stereocenters. The Bertz CT molecular complexity index is 507. The Morgan fingerprint density at radius 2 is 2.00 bits per heavy atom. The third-order valence-electron chi connectivity index (χ3n) is 4.05. The van der Waals surface area contributed by atoms with Gasteiger partial charge in [-0.15, -0.1) is 0 Å². The number of benzene rings is 1. The summed E-state index contributed by atoms with van der Waals surface area (Å²) in [5.74, 6) is -1.41. The Labute approximate surface area is 115 Å². The van der Waals surface area contributed by atoms with Gasteiger partial charge in [0.05, 0.1) is 5.56 Å². The summed E-state index contributed by atoms with van der Waals surface area (Å²) in [7, 11) is 0. The van der Waals surface area contributed by atoms with E-state index in [0.29, 0.717) is 24.8 Å². The van der Waals surface area contributed by atoms with E-state index in [1.54, 1.807) is 0 Å². The molecule has 5 heteroatoms. The van der Waals surface area contributed by atoms with Crippen LogP contribution >= 0.6 is 0 Å². The lowest BCUT2D eigenvalue weighted by Gasteiger charge is -2.12. The quantitative estimate of drug-likeness (QED) is 0.574. The molecule has 1 aromatic carbocycles. The first kappa shape index (κ1) is 15.0. The fourth-order valence-electron chi connectivity index (χ4n) is 2.82. The van der Waals surface area contributed by atoms with Crippen molar-refractivity contribution < 1.29 is 22.4 Å². The van der Waals surface area contributed by atoms with Crippen LogP contribution in [0.5, 0.6) is 0 Å². The fourth-order valence-corrected chi connectivity index (χ4v) is 2.82. The molecule has 1 fully saturated rings. The molecule has 1 aliphatic rings. The van der Waals surface area contributed by atoms with E-state index in [0.717, 1.165) is 25.0 Å². The van der Waals surface area contributed by atoms with Gasteiger partial charge in [0.2, 0.25) is 0 Å². The minimum atomic E-state index is -4.78. The highest BCUT2D eigenvalue weighted by atomic mass is 19.4. The second-order valence-electron chi connectivity index (χ2n) is 5.34. The van der Waals surface area contributed by atoms with Crippen LogP contribution in [0.2, 0.25) is 0 Å². The molecule has 0 saturated heterocycles. The number of rotatable bonds is 3. The number of hydrogen-bond acceptors (Lipinski definition) is 1. The smallest absolute Gasteiger partial charge is 0.294 e. The third kappa shape index (κ3) is 3.02. The van der Waals surface area contributed by atoms with Gasteiger partial charge < -0.3 is 0 Å². The number of hydrogen-bond donors (Lipinski definition) is 0. The number of carbonyl (C=O) groups is 1. The highest BCUT2D eigenvalue weighted by molar-refractivity contribution is 5.98. The second kappa shape index (κ2) is 5.54. The van der Waals surface area contributed by atoms with Crippen LogP contribution in [0.25, 0.3) is 0 Å². The zero-order valence-electron chi connectivity index (χ0n) is 11.1. The maximum absolute atomic E-state index is 13.2. The van der Waals surface area contributed by atoms with E-state index in [1.165, 1.54) is 0 Å². The monoisotopic (exact) mass is 288 g/mol. The van der Waals surface area contributed by atoms with Crippen molar-refractivity contribution in [2.45, 2.75) is 38.8 Å². The van der Waals surface area contributed by atoms with E-state index in [9.17, 15) is 22.4 Å². The first-order valence-electron chi connectivity index (χ1n) is 6.74. The van der Waals surface area contributed by atoms with Gasteiger partial charge in [0.25, 0.3) is 0 Å². The van der Waals surface area contributed by atoms with Crippen molar-refractivity contribution in [2.75, 3.05) is 0 Å². The highest BCUT2D eigenvalue weighted by Gasteiger charge is 2.36. The maximum atomic E-state index is 13.2. The molecule has 0 N–H and O–H groups in total. The predicted molar refractivity (Wildman–Crippen MR) is 66.9 cm³/mol. The largest absolute Gasteiger partial charge is 0.419 e. The third-order valence-corrected chi connectivity index (χ3v) is 4.05. The van der Waals surface area contributed by atoms with Gasteiger partial charge in [0, 0.05) is 11.5 Å². The highest BCUT2D eigenvalue weighted by Crippen LogP contribution is 2.36. The number of halogens is 4. The molecule has 1 aliphatic carbocycles. The fraction of sp³-hybridized carbons (Fsp3) is 0.533. The van der Waals surface area contributed by atoms with E-state index in [4.69, 9.17) is 0 Å². The molecular formula is C15H16F4O. The van der Waals surface area contributed by atoms with Crippen LogP contribution < -0.4 is 0 Å². The van der Waals surface area contributed by atoms with E-state index >= 15 is 0 Å². The van der Waals surface area contributed by atoms with Crippen LogP contribution in [0, 0.1) is 17.7 Å². The zero-order valence-corrected chi connectivity index (χ0v) is 11.1. The Kier molecular flexibility index (Phi) is 4.16. The number of alkyl halides is 3. The van der Waals surface area contributed by atoms with Gasteiger partial charge in [0.1, 0.15) is 5.82 Å². The van der Waals surface area contributed by atoms with E-state index in [2.05, 4.69) is 0 Å². The van der Waals surface area contributed by atoms with Crippen molar-refractivity contribution in [2.24, 2.45) is 11.8 Å². The number of carbonyl (C=O) groups excluding carboxylic acids is 1. The van der Waals surface area contributed by atoms with Crippen molar-refractivity contribution in [1.82, 2.24) is 0 Å². The van der Waals surface area contributed by atoms with Crippen LogP contribution in [0.15, 0.2) is 18.2 Å². The van der Waals surface area contributed by atoms with Gasteiger partial charge in [-0.1, -0.05) is 13.3 Å². The minimum absolute atomic E-state index is 0.0412. The van der Waals surface area contributed by atoms with E-state index in [1.807, 2.05) is 6.92 Å². The average molecular weight is 288 g/mol. The lowest BCUT2D eigenvalue weighted by atomic mass is 9.93. The molecule has 20 heavy (non-hydrogen) atoms. The summed E-state index contributed by atoms with van der Waals surface area (Å²) in [5.41, 5.74) is -1.41. The Balaban J connectivity index is 2.23. The second-order valence-corrected chi connectivity index (χ2v) is 5.34. The Morgan fingerprint density at radius 1 is 1.30 bits per heavy atom. The van der Waals surface area contributed by atoms with Crippen LogP contribution in [0.4, 0.5) is 17.6 Å². The topological polar surface area (TPSA) is 17.1 Å². The predicted octanol–water partition coefficient (Wildman–Crippen LogP) is 4.85. The zero-order chi connectivity index (χ0) is 14.9. The van der Waals surface area contributed by atoms with Gasteiger partial charge in [0.15, 0.2) is 5.78 Å². The number of ketones is 1. The summed E-state index contributed by atoms with van der Waals surface area (Å²) in [6, 6.07) is 2.51. The van der Waals surface area contributed by atoms with Crippen LogP contribution in [-0.4, -0.2) is 5.78 Å². The molecule has 0 aliphatic heterocycles. The maximum Gasteiger partial charge on any atom is 0.419 e. The SMILES string of the molecule is CCC1CCC(C(=O)c2ccc(F)c(C(F)(F)F)c2)C1. The van der Waals surface area contributed by atoms with Gasteiger partial charge in [-0.3, -0.25) is 4.79 Å². The molecule has 0 aromatic heterocycles. The Hall–Kier alpha value is -1.39. The molecule has 1 aromatic rings. The molecule has 0 spiro atoms. The van der Waals surface area contributed by atoms with E-state index < -0.39 is 17.6 Å². The van der Waals surface area contributed by atoms with E-state index in [-0.39, 0.29) is 17.3 Å². The summed E-state index contributed by atoms with van der Waals surface area (Å²) in [6.45, 7) is 2.04. The van der Waals surface area contributed by atoms with Crippen molar-refractivity contribution in [3.8, 4) is 0 Å². The lowest BCUT2D eigenvalue weighted by molar-refractivity contribution is -0.140. The van der Waals surface area contributed by atoms with Gasteiger partial charge in [-0.25, -0.2) is 4.39 Å². The first-order valence-corrected chi connectivity index (χ1v) is 6.74. The molecule has 0 radical (unpaired) electrons. The molecule has 1 saturated carbocycles. The van der Waals surface area contributed by atoms with Crippen LogP contribution in [0.3, 0.4) is 0 Å². The molecule has 110 valence electrons. The average Bonchev–Trinajstić information content (AvgIpc) is 2.86. The van der Waals surface area contributed by atoms with Crippen LogP contribution in [0.1, 0.15) is 48.5 Å². The number of Topliss-reactive ketones (excluding diaryl/α,β-unsaturated/α-hetero) is 1. The van der Waals surface area contributed by atoms with Gasteiger partial charge in [-0.2, -0.15) is 13.2 Å². The summed E-state index contributed by atoms with van der Waals surface area (Å²) >= 11 is 0. The van der Waals surface area contributed by atoms with Crippen molar-refractivity contribution in [3.63, 3.8) is 0 Å². The molecule has 2 rings (SSSR count). The molecule has 2 unspecified atom stereocenters. The lowest BCUT2D eigenvalue weighted by Crippen LogP contribution is -2.15. The van der Waals surface area contributed by atoms with Crippen molar-refractivity contribution in [1.29, 1.82) is 0 Å². The normalized spacial score (nSPS) is 23.1. The summed E-state index contributed by atoms with van der Waals surface area (Å²) in [6.07, 6.45) is -1.45. The van der Waals surface area contributed by atoms with Crippen molar-refractivity contribution >= 4 is 5.78 Å².